The van der Waals surface area contributed by atoms with E-state index in [1.807, 2.05) is 27.5 Å². The molecule has 1 spiro atoms. The first-order valence-corrected chi connectivity index (χ1v) is 10.4. The van der Waals surface area contributed by atoms with Crippen molar-refractivity contribution in [3.8, 4) is 0 Å². The molecule has 3 saturated heterocycles. The van der Waals surface area contributed by atoms with Gasteiger partial charge in [0, 0.05) is 61.5 Å². The predicted molar refractivity (Wildman–Crippen MR) is 98.5 cm³/mol. The molecule has 0 N–H and O–H groups in total. The normalized spacial score (nSPS) is 25.6. The maximum absolute atomic E-state index is 12.1. The first-order chi connectivity index (χ1) is 12.2. The molecular weight excluding hydrogens is 336 g/mol. The van der Waals surface area contributed by atoms with Gasteiger partial charge in [-0.3, -0.25) is 14.4 Å². The van der Waals surface area contributed by atoms with E-state index in [9.17, 15) is 4.79 Å². The van der Waals surface area contributed by atoms with E-state index < -0.39 is 0 Å². The minimum absolute atomic E-state index is 0.173. The van der Waals surface area contributed by atoms with E-state index in [1.54, 1.807) is 0 Å². The Labute approximate surface area is 153 Å². The maximum atomic E-state index is 12.1. The molecule has 0 saturated carbocycles. The maximum Gasteiger partial charge on any atom is 0.248 e. The Kier molecular flexibility index (Phi) is 5.06. The lowest BCUT2D eigenvalue weighted by molar-refractivity contribution is -0.136. The van der Waals surface area contributed by atoms with Crippen molar-refractivity contribution >= 4 is 17.7 Å². The number of aromatic nitrogens is 2. The van der Waals surface area contributed by atoms with Gasteiger partial charge >= 0.3 is 0 Å². The Morgan fingerprint density at radius 3 is 2.92 bits per heavy atom. The fourth-order valence-corrected chi connectivity index (χ4v) is 5.78. The topological polar surface area (TPSA) is 50.6 Å². The minimum atomic E-state index is 0.173. The molecule has 138 valence electrons. The highest BCUT2D eigenvalue weighted by Gasteiger charge is 2.49. The molecule has 4 rings (SSSR count). The number of nitrogens with zero attached hydrogens (tertiary/aromatic N) is 4. The molecule has 1 aromatic rings. The van der Waals surface area contributed by atoms with Crippen LogP contribution < -0.4 is 0 Å². The average molecular weight is 365 g/mol. The lowest BCUT2D eigenvalue weighted by Gasteiger charge is -2.47. The van der Waals surface area contributed by atoms with Crippen molar-refractivity contribution < 1.29 is 9.53 Å². The smallest absolute Gasteiger partial charge is 0.248 e. The zero-order valence-electron chi connectivity index (χ0n) is 15.0. The Morgan fingerprint density at radius 2 is 2.20 bits per heavy atom. The molecule has 3 aliphatic rings. The van der Waals surface area contributed by atoms with E-state index in [-0.39, 0.29) is 18.6 Å². The van der Waals surface area contributed by atoms with Gasteiger partial charge in [0.15, 0.2) is 0 Å². The predicted octanol–water partition coefficient (Wildman–Crippen LogP) is 1.60. The summed E-state index contributed by atoms with van der Waals surface area (Å²) in [7, 11) is 0. The van der Waals surface area contributed by atoms with Crippen LogP contribution in [0.4, 0.5) is 0 Å². The van der Waals surface area contributed by atoms with Crippen LogP contribution in [-0.2, 0) is 22.6 Å². The molecule has 1 aromatic heterocycles. The highest BCUT2D eigenvalue weighted by atomic mass is 32.2. The van der Waals surface area contributed by atoms with Crippen LogP contribution in [0.25, 0.3) is 0 Å². The summed E-state index contributed by atoms with van der Waals surface area (Å²) in [4.78, 5) is 16.5. The molecule has 0 unspecified atom stereocenters. The van der Waals surface area contributed by atoms with E-state index >= 15 is 0 Å². The van der Waals surface area contributed by atoms with Crippen molar-refractivity contribution in [2.24, 2.45) is 0 Å². The zero-order chi connectivity index (χ0) is 17.3. The third-order valence-corrected chi connectivity index (χ3v) is 7.09. The molecule has 1 atom stereocenters. The van der Waals surface area contributed by atoms with Gasteiger partial charge in [-0.2, -0.15) is 5.10 Å². The SMILES string of the molecule is CCn1cc(CN2CC3(C[C@@H](OCC(=O)N4CCCC4)CS3)C2)cn1. The van der Waals surface area contributed by atoms with Crippen LogP contribution in [0.1, 0.15) is 31.7 Å². The number of amides is 1. The number of ether oxygens (including phenoxy) is 1. The van der Waals surface area contributed by atoms with Gasteiger partial charge in [-0.25, -0.2) is 0 Å². The molecule has 6 nitrogen and oxygen atoms in total. The standard InChI is InChI=1S/C18H28N4O2S/c1-2-22-10-15(8-19-22)9-20-13-18(14-20)7-16(12-25-18)24-11-17(23)21-5-3-4-6-21/h8,10,16H,2-7,9,11-14H2,1H3/t16-/m1/s1. The molecule has 0 aliphatic carbocycles. The highest BCUT2D eigenvalue weighted by Crippen LogP contribution is 2.46. The summed E-state index contributed by atoms with van der Waals surface area (Å²) in [6.45, 7) is 8.35. The number of carbonyl (C=O) groups is 1. The van der Waals surface area contributed by atoms with E-state index in [0.29, 0.717) is 4.75 Å². The average Bonchev–Trinajstić information content (AvgIpc) is 3.32. The van der Waals surface area contributed by atoms with Gasteiger partial charge < -0.3 is 9.64 Å². The number of hydrogen-bond acceptors (Lipinski definition) is 5. The monoisotopic (exact) mass is 364 g/mol. The number of hydrogen-bond donors (Lipinski definition) is 0. The quantitative estimate of drug-likeness (QED) is 0.767. The van der Waals surface area contributed by atoms with Crippen LogP contribution in [-0.4, -0.2) is 74.9 Å². The van der Waals surface area contributed by atoms with Crippen LogP contribution in [0.3, 0.4) is 0 Å². The third kappa shape index (κ3) is 3.88. The Morgan fingerprint density at radius 1 is 1.40 bits per heavy atom. The Balaban J connectivity index is 1.19. The molecule has 0 radical (unpaired) electrons. The largest absolute Gasteiger partial charge is 0.367 e. The van der Waals surface area contributed by atoms with Crippen LogP contribution >= 0.6 is 11.8 Å². The second-order valence-corrected chi connectivity index (χ2v) is 9.06. The van der Waals surface area contributed by atoms with Crippen LogP contribution in [0.2, 0.25) is 0 Å². The first kappa shape index (κ1) is 17.4. The first-order valence-electron chi connectivity index (χ1n) is 9.43. The van der Waals surface area contributed by atoms with Crippen LogP contribution in [0.15, 0.2) is 12.4 Å². The summed E-state index contributed by atoms with van der Waals surface area (Å²) in [6.07, 6.45) is 7.72. The highest BCUT2D eigenvalue weighted by molar-refractivity contribution is 8.01. The van der Waals surface area contributed by atoms with Gasteiger partial charge in [0.25, 0.3) is 0 Å². The molecule has 7 heteroatoms. The molecule has 1 amide bonds. The van der Waals surface area contributed by atoms with Gasteiger partial charge in [0.1, 0.15) is 6.61 Å². The van der Waals surface area contributed by atoms with Crippen molar-refractivity contribution in [2.45, 2.75) is 50.1 Å². The van der Waals surface area contributed by atoms with Gasteiger partial charge in [0.05, 0.1) is 12.3 Å². The molecular formula is C18H28N4O2S. The molecule has 3 aliphatic heterocycles. The molecule has 3 fully saturated rings. The molecule has 0 bridgehead atoms. The van der Waals surface area contributed by atoms with E-state index in [4.69, 9.17) is 4.74 Å². The van der Waals surface area contributed by atoms with Gasteiger partial charge in [-0.05, 0) is 26.2 Å². The molecule has 0 aromatic carbocycles. The Hall–Kier alpha value is -1.05. The number of likely N-dealkylation sites (tertiary alicyclic amines) is 2. The number of carbonyl (C=O) groups excluding carboxylic acids is 1. The summed E-state index contributed by atoms with van der Waals surface area (Å²) in [5.41, 5.74) is 1.30. The van der Waals surface area contributed by atoms with Gasteiger partial charge in [0.2, 0.25) is 5.91 Å². The second-order valence-electron chi connectivity index (χ2n) is 7.57. The summed E-state index contributed by atoms with van der Waals surface area (Å²) >= 11 is 2.04. The summed E-state index contributed by atoms with van der Waals surface area (Å²) in [5.74, 6) is 1.20. The van der Waals surface area contributed by atoms with E-state index in [2.05, 4.69) is 23.1 Å². The van der Waals surface area contributed by atoms with Crippen molar-refractivity contribution in [1.29, 1.82) is 0 Å². The van der Waals surface area contributed by atoms with Crippen molar-refractivity contribution in [3.05, 3.63) is 18.0 Å². The molecule has 4 heterocycles. The van der Waals surface area contributed by atoms with Crippen molar-refractivity contribution in [1.82, 2.24) is 19.6 Å². The van der Waals surface area contributed by atoms with Gasteiger partial charge in [-0.1, -0.05) is 0 Å². The van der Waals surface area contributed by atoms with E-state index in [0.717, 1.165) is 64.3 Å². The lowest BCUT2D eigenvalue weighted by atomic mass is 9.92. The zero-order valence-corrected chi connectivity index (χ0v) is 15.8. The number of aryl methyl sites for hydroxylation is 1. The third-order valence-electron chi connectivity index (χ3n) is 5.52. The number of rotatable bonds is 6. The Bertz CT molecular complexity index is 608. The fraction of sp³-hybridized carbons (Fsp3) is 0.778. The lowest BCUT2D eigenvalue weighted by Crippen LogP contribution is -2.58. The van der Waals surface area contributed by atoms with Crippen LogP contribution in [0, 0.1) is 0 Å². The minimum Gasteiger partial charge on any atom is -0.367 e. The summed E-state index contributed by atoms with van der Waals surface area (Å²) in [6, 6.07) is 0. The summed E-state index contributed by atoms with van der Waals surface area (Å²) < 4.78 is 8.27. The van der Waals surface area contributed by atoms with Crippen molar-refractivity contribution in [3.63, 3.8) is 0 Å². The second kappa shape index (κ2) is 7.29. The van der Waals surface area contributed by atoms with E-state index in [1.165, 1.54) is 5.56 Å². The van der Waals surface area contributed by atoms with Crippen molar-refractivity contribution in [2.75, 3.05) is 38.5 Å². The number of thioether (sulfide) groups is 1. The fourth-order valence-electron chi connectivity index (χ4n) is 4.18. The molecule has 25 heavy (non-hydrogen) atoms. The summed E-state index contributed by atoms with van der Waals surface area (Å²) in [5, 5.41) is 4.35. The van der Waals surface area contributed by atoms with Crippen LogP contribution in [0.5, 0.6) is 0 Å². The van der Waals surface area contributed by atoms with Gasteiger partial charge in [-0.15, -0.1) is 11.8 Å².